The average Bonchev–Trinajstić information content (AvgIpc) is 3.21. The van der Waals surface area contributed by atoms with Crippen molar-refractivity contribution in [3.63, 3.8) is 0 Å². The van der Waals surface area contributed by atoms with Gasteiger partial charge in [0.05, 0.1) is 22.6 Å². The second kappa shape index (κ2) is 8.99. The van der Waals surface area contributed by atoms with Crippen LogP contribution in [0.25, 0.3) is 33.3 Å². The molecule has 0 radical (unpaired) electrons. The Kier molecular flexibility index (Phi) is 5.87. The van der Waals surface area contributed by atoms with Crippen molar-refractivity contribution in [3.05, 3.63) is 64.1 Å². The molecule has 1 saturated heterocycles. The van der Waals surface area contributed by atoms with Gasteiger partial charge in [0.15, 0.2) is 5.76 Å². The van der Waals surface area contributed by atoms with Gasteiger partial charge in [0.2, 0.25) is 0 Å². The first-order chi connectivity index (χ1) is 16.5. The van der Waals surface area contributed by atoms with Gasteiger partial charge in [-0.3, -0.25) is 4.79 Å². The molecule has 2 aromatic heterocycles. The minimum absolute atomic E-state index is 0.0840. The molecule has 0 N–H and O–H groups in total. The normalized spacial score (nSPS) is 15.5. The van der Waals surface area contributed by atoms with Crippen LogP contribution >= 0.6 is 0 Å². The van der Waals surface area contributed by atoms with E-state index in [0.717, 1.165) is 34.9 Å². The van der Waals surface area contributed by atoms with Gasteiger partial charge in [-0.05, 0) is 63.3 Å². The molecule has 0 unspecified atom stereocenters. The van der Waals surface area contributed by atoms with Crippen molar-refractivity contribution >= 4 is 27.8 Å². The average molecular weight is 459 g/mol. The van der Waals surface area contributed by atoms with Gasteiger partial charge in [0, 0.05) is 29.3 Å². The van der Waals surface area contributed by atoms with E-state index in [0.29, 0.717) is 47.2 Å². The van der Waals surface area contributed by atoms with Crippen molar-refractivity contribution in [1.82, 2.24) is 4.98 Å². The number of nitroso groups, excluding NO2 is 1. The molecule has 0 saturated carbocycles. The van der Waals surface area contributed by atoms with E-state index in [-0.39, 0.29) is 11.7 Å². The van der Waals surface area contributed by atoms with E-state index in [9.17, 15) is 9.70 Å². The van der Waals surface area contributed by atoms with Crippen LogP contribution in [-0.4, -0.2) is 30.2 Å². The van der Waals surface area contributed by atoms with Gasteiger partial charge in [0.25, 0.3) is 0 Å². The predicted molar refractivity (Wildman–Crippen MR) is 130 cm³/mol. The van der Waals surface area contributed by atoms with Crippen molar-refractivity contribution in [2.75, 3.05) is 13.2 Å². The highest BCUT2D eigenvalue weighted by Crippen LogP contribution is 2.38. The van der Waals surface area contributed by atoms with Gasteiger partial charge < -0.3 is 13.9 Å². The van der Waals surface area contributed by atoms with E-state index in [1.807, 2.05) is 57.2 Å². The monoisotopic (exact) mass is 458 g/mol. The summed E-state index contributed by atoms with van der Waals surface area (Å²) < 4.78 is 17.9. The summed E-state index contributed by atoms with van der Waals surface area (Å²) in [7, 11) is 0. The van der Waals surface area contributed by atoms with Gasteiger partial charge in [-0.2, -0.15) is 0 Å². The maximum Gasteiger partial charge on any atom is 0.317 e. The number of nitrogens with zero attached hydrogens (tertiary/aromatic N) is 2. The zero-order chi connectivity index (χ0) is 23.8. The lowest BCUT2D eigenvalue weighted by molar-refractivity contribution is 0.0243. The first kappa shape index (κ1) is 22.2. The van der Waals surface area contributed by atoms with E-state index in [2.05, 4.69) is 5.18 Å². The summed E-state index contributed by atoms with van der Waals surface area (Å²) in [6, 6.07) is 13.1. The van der Waals surface area contributed by atoms with Gasteiger partial charge in [-0.15, -0.1) is 4.91 Å². The Morgan fingerprint density at radius 2 is 1.91 bits per heavy atom. The molecule has 174 valence electrons. The fourth-order valence-corrected chi connectivity index (χ4v) is 4.78. The molecule has 5 rings (SSSR count). The molecule has 2 aromatic carbocycles. The number of aryl methyl sites for hydroxylation is 2. The third kappa shape index (κ3) is 3.86. The number of fused-ring (bicyclic) bond motifs is 2. The number of hydrogen-bond acceptors (Lipinski definition) is 6. The number of carbonyl (C=O) groups excluding carboxylic acids is 1. The summed E-state index contributed by atoms with van der Waals surface area (Å²) in [4.78, 5) is 29.0. The van der Waals surface area contributed by atoms with E-state index < -0.39 is 5.91 Å². The highest BCUT2D eigenvalue weighted by atomic mass is 16.5. The molecule has 3 heterocycles. The molecule has 34 heavy (non-hydrogen) atoms. The maximum atomic E-state index is 12.7. The Labute approximate surface area is 197 Å². The Bertz CT molecular complexity index is 1400. The molecule has 7 heteroatoms. The molecule has 1 aliphatic rings. The number of para-hydroxylation sites is 1. The van der Waals surface area contributed by atoms with Gasteiger partial charge in [-0.25, -0.2) is 4.98 Å². The van der Waals surface area contributed by atoms with E-state index in [1.165, 1.54) is 0 Å². The van der Waals surface area contributed by atoms with Crippen molar-refractivity contribution < 1.29 is 18.7 Å². The first-order valence-electron chi connectivity index (χ1n) is 11.5. The van der Waals surface area contributed by atoms with Crippen LogP contribution in [0.15, 0.2) is 52.1 Å². The number of pyridine rings is 1. The minimum atomic E-state index is -0.864. The minimum Gasteiger partial charge on any atom is -0.490 e. The molecule has 1 fully saturated rings. The SMILES string of the molecule is Cc1c(-c2cc(C(=O)N=O)c3c(O[C@@H](C)C4CCOCC4)ccc(C)c3n2)oc2ccccc12. The van der Waals surface area contributed by atoms with Gasteiger partial charge in [0.1, 0.15) is 17.0 Å². The number of benzene rings is 2. The molecule has 1 amide bonds. The van der Waals surface area contributed by atoms with E-state index in [4.69, 9.17) is 18.9 Å². The second-order valence-corrected chi connectivity index (χ2v) is 8.88. The lowest BCUT2D eigenvalue weighted by atomic mass is 9.94. The maximum absolute atomic E-state index is 12.7. The summed E-state index contributed by atoms with van der Waals surface area (Å²) >= 11 is 0. The number of aromatic nitrogens is 1. The topological polar surface area (TPSA) is 91.0 Å². The fourth-order valence-electron chi connectivity index (χ4n) is 4.78. The largest absolute Gasteiger partial charge is 0.490 e. The lowest BCUT2D eigenvalue weighted by Gasteiger charge is -2.28. The Morgan fingerprint density at radius 1 is 1.15 bits per heavy atom. The molecule has 4 aromatic rings. The molecule has 0 aliphatic carbocycles. The van der Waals surface area contributed by atoms with Crippen LogP contribution in [0.4, 0.5) is 0 Å². The molecule has 7 nitrogen and oxygen atoms in total. The van der Waals surface area contributed by atoms with E-state index >= 15 is 0 Å². The smallest absolute Gasteiger partial charge is 0.317 e. The van der Waals surface area contributed by atoms with Crippen molar-refractivity contribution in [3.8, 4) is 17.2 Å². The number of carbonyl (C=O) groups is 1. The van der Waals surface area contributed by atoms with Crippen molar-refractivity contribution in [1.29, 1.82) is 0 Å². The van der Waals surface area contributed by atoms with Crippen LogP contribution in [-0.2, 0) is 4.74 Å². The first-order valence-corrected chi connectivity index (χ1v) is 11.5. The fraction of sp³-hybridized carbons (Fsp3) is 0.333. The second-order valence-electron chi connectivity index (χ2n) is 8.88. The summed E-state index contributed by atoms with van der Waals surface area (Å²) in [6.45, 7) is 7.33. The van der Waals surface area contributed by atoms with Gasteiger partial charge in [-0.1, -0.05) is 24.3 Å². The molecular weight excluding hydrogens is 432 g/mol. The van der Waals surface area contributed by atoms with Crippen molar-refractivity contribution in [2.45, 2.75) is 39.7 Å². The predicted octanol–water partition coefficient (Wildman–Crippen LogP) is 6.37. The number of hydrogen-bond donors (Lipinski definition) is 0. The molecule has 0 bridgehead atoms. The molecule has 0 spiro atoms. The third-order valence-electron chi connectivity index (χ3n) is 6.76. The lowest BCUT2D eigenvalue weighted by Crippen LogP contribution is -2.29. The van der Waals surface area contributed by atoms with Crippen LogP contribution in [0.1, 0.15) is 41.3 Å². The standard InChI is InChI=1S/C27H26N2O5/c1-15-8-9-23(33-17(3)18-10-12-32-13-11-18)24-20(27(30)29-31)14-21(28-25(15)24)26-16(2)19-6-4-5-7-22(19)34-26/h4-9,14,17-18H,10-13H2,1-3H3/t17-/m0/s1. The van der Waals surface area contributed by atoms with E-state index in [1.54, 1.807) is 6.07 Å². The Morgan fingerprint density at radius 3 is 2.65 bits per heavy atom. The van der Waals surface area contributed by atoms with Crippen LogP contribution in [0.5, 0.6) is 5.75 Å². The molecule has 1 atom stereocenters. The zero-order valence-electron chi connectivity index (χ0n) is 19.5. The summed E-state index contributed by atoms with van der Waals surface area (Å²) in [5.41, 5.74) is 3.73. The zero-order valence-corrected chi connectivity index (χ0v) is 19.5. The Balaban J connectivity index is 1.67. The Hall–Kier alpha value is -3.58. The highest BCUT2D eigenvalue weighted by molar-refractivity contribution is 6.10. The number of furan rings is 1. The molecular formula is C27H26N2O5. The van der Waals surface area contributed by atoms with Crippen LogP contribution in [0, 0.1) is 24.7 Å². The number of ether oxygens (including phenoxy) is 2. The third-order valence-corrected chi connectivity index (χ3v) is 6.76. The van der Waals surface area contributed by atoms with Gasteiger partial charge >= 0.3 is 5.91 Å². The molecule has 1 aliphatic heterocycles. The number of amides is 1. The van der Waals surface area contributed by atoms with Crippen molar-refractivity contribution in [2.24, 2.45) is 11.1 Å². The number of rotatable bonds is 5. The quantitative estimate of drug-likeness (QED) is 0.323. The van der Waals surface area contributed by atoms with Crippen LogP contribution in [0.3, 0.4) is 0 Å². The van der Waals surface area contributed by atoms with Crippen LogP contribution < -0.4 is 4.74 Å². The summed E-state index contributed by atoms with van der Waals surface area (Å²) in [6.07, 6.45) is 1.75. The van der Waals surface area contributed by atoms with Crippen LogP contribution in [0.2, 0.25) is 0 Å². The summed E-state index contributed by atoms with van der Waals surface area (Å²) in [5.74, 6) is 0.562. The highest BCUT2D eigenvalue weighted by Gasteiger charge is 2.26. The summed E-state index contributed by atoms with van der Waals surface area (Å²) in [5, 5.41) is 4.20.